The predicted octanol–water partition coefficient (Wildman–Crippen LogP) is 3.44. The first-order chi connectivity index (χ1) is 11.5. The second-order valence-corrected chi connectivity index (χ2v) is 6.69. The van der Waals surface area contributed by atoms with Crippen molar-refractivity contribution in [3.8, 4) is 5.75 Å². The van der Waals surface area contributed by atoms with Crippen LogP contribution in [0, 0.1) is 0 Å². The smallest absolute Gasteiger partial charge is 0.296 e. The summed E-state index contributed by atoms with van der Waals surface area (Å²) in [5.74, 6) is -0.704. The molecule has 1 aliphatic carbocycles. The molecule has 5 heteroatoms. The third kappa shape index (κ3) is 3.03. The zero-order chi connectivity index (χ0) is 17.3. The van der Waals surface area contributed by atoms with Crippen LogP contribution in [0.15, 0.2) is 30.0 Å². The summed E-state index contributed by atoms with van der Waals surface area (Å²) in [5, 5.41) is 10.2. The van der Waals surface area contributed by atoms with Crippen molar-refractivity contribution in [2.75, 3.05) is 0 Å². The number of hydrogen-bond acceptors (Lipinski definition) is 4. The molecular weight excluding hydrogens is 306 g/mol. The summed E-state index contributed by atoms with van der Waals surface area (Å²) < 4.78 is 5.58. The highest BCUT2D eigenvalue weighted by Crippen LogP contribution is 2.34. The second-order valence-electron chi connectivity index (χ2n) is 6.69. The molecule has 5 nitrogen and oxygen atoms in total. The van der Waals surface area contributed by atoms with Crippen LogP contribution < -0.4 is 4.74 Å². The average Bonchev–Trinajstić information content (AvgIpc) is 2.78. The van der Waals surface area contributed by atoms with Crippen LogP contribution in [0.1, 0.15) is 51.5 Å². The molecule has 1 heterocycles. The minimum Gasteiger partial charge on any atom is -0.502 e. The number of aliphatic hydroxyl groups excluding tert-OH is 1. The molecule has 128 valence electrons. The number of carbonyl (C=O) groups excluding carboxylic acids is 2. The maximum absolute atomic E-state index is 12.7. The Bertz CT molecular complexity index is 669. The zero-order valence-corrected chi connectivity index (χ0v) is 14.1. The van der Waals surface area contributed by atoms with Gasteiger partial charge in [-0.3, -0.25) is 14.5 Å². The monoisotopic (exact) mass is 329 g/mol. The van der Waals surface area contributed by atoms with Crippen LogP contribution >= 0.6 is 0 Å². The van der Waals surface area contributed by atoms with Crippen molar-refractivity contribution in [3.63, 3.8) is 0 Å². The molecule has 0 aromatic heterocycles. The standard InChI is InChI=1S/C19H23NO4/c1-12(2)24-15-10-8-13(9-11-15)16-17(21)19(23)20(18(16)22)14-6-4-3-5-7-14/h8-12,14,21H,3-7H2,1-2H3. The lowest BCUT2D eigenvalue weighted by Gasteiger charge is -2.29. The number of ether oxygens (including phenoxy) is 1. The molecular formula is C19H23NO4. The minimum atomic E-state index is -0.565. The minimum absolute atomic E-state index is 0.0555. The van der Waals surface area contributed by atoms with Gasteiger partial charge >= 0.3 is 0 Å². The summed E-state index contributed by atoms with van der Waals surface area (Å²) in [5.41, 5.74) is 0.641. The molecule has 0 saturated heterocycles. The first kappa shape index (κ1) is 16.6. The van der Waals surface area contributed by atoms with Crippen LogP contribution in [0.2, 0.25) is 0 Å². The number of benzene rings is 1. The van der Waals surface area contributed by atoms with Crippen LogP contribution in [0.25, 0.3) is 5.57 Å². The van der Waals surface area contributed by atoms with Gasteiger partial charge in [-0.25, -0.2) is 0 Å². The number of nitrogens with zero attached hydrogens (tertiary/aromatic N) is 1. The van der Waals surface area contributed by atoms with E-state index in [1.807, 2.05) is 13.8 Å². The van der Waals surface area contributed by atoms with E-state index in [2.05, 4.69) is 0 Å². The molecule has 0 bridgehead atoms. The molecule has 24 heavy (non-hydrogen) atoms. The normalized spacial score (nSPS) is 19.5. The van der Waals surface area contributed by atoms with Crippen molar-refractivity contribution in [2.45, 2.75) is 58.1 Å². The Morgan fingerprint density at radius 1 is 1.04 bits per heavy atom. The highest BCUT2D eigenvalue weighted by atomic mass is 16.5. The van der Waals surface area contributed by atoms with Gasteiger partial charge in [0.15, 0.2) is 5.76 Å². The Balaban J connectivity index is 1.84. The third-order valence-electron chi connectivity index (χ3n) is 4.55. The van der Waals surface area contributed by atoms with Crippen LogP contribution in [0.4, 0.5) is 0 Å². The Morgan fingerprint density at radius 2 is 1.67 bits per heavy atom. The van der Waals surface area contributed by atoms with Gasteiger partial charge in [-0.15, -0.1) is 0 Å². The Morgan fingerprint density at radius 3 is 2.25 bits per heavy atom. The molecule has 1 N–H and O–H groups in total. The van der Waals surface area contributed by atoms with Crippen molar-refractivity contribution >= 4 is 17.4 Å². The third-order valence-corrected chi connectivity index (χ3v) is 4.55. The van der Waals surface area contributed by atoms with Gasteiger partial charge in [-0.05, 0) is 44.4 Å². The number of rotatable bonds is 4. The number of carbonyl (C=O) groups is 2. The molecule has 0 radical (unpaired) electrons. The van der Waals surface area contributed by atoms with E-state index in [9.17, 15) is 14.7 Å². The van der Waals surface area contributed by atoms with Gasteiger partial charge in [0.25, 0.3) is 11.8 Å². The summed E-state index contributed by atoms with van der Waals surface area (Å²) >= 11 is 0. The van der Waals surface area contributed by atoms with Crippen molar-refractivity contribution in [3.05, 3.63) is 35.6 Å². The van der Waals surface area contributed by atoms with Crippen molar-refractivity contribution in [1.82, 2.24) is 4.90 Å². The number of amides is 2. The average molecular weight is 329 g/mol. The lowest BCUT2D eigenvalue weighted by Crippen LogP contribution is -2.42. The fourth-order valence-electron chi connectivity index (χ4n) is 3.44. The van der Waals surface area contributed by atoms with Gasteiger partial charge in [0.05, 0.1) is 11.7 Å². The molecule has 1 aromatic carbocycles. The highest BCUT2D eigenvalue weighted by molar-refractivity contribution is 6.35. The van der Waals surface area contributed by atoms with E-state index in [4.69, 9.17) is 4.74 Å². The van der Waals surface area contributed by atoms with Crippen LogP contribution in [0.3, 0.4) is 0 Å². The first-order valence-corrected chi connectivity index (χ1v) is 8.57. The van der Waals surface area contributed by atoms with Gasteiger partial charge in [0, 0.05) is 6.04 Å². The SMILES string of the molecule is CC(C)Oc1ccc(C2=C(O)C(=O)N(C3CCCCC3)C2=O)cc1. The van der Waals surface area contributed by atoms with Gasteiger partial charge in [0.1, 0.15) is 5.75 Å². The molecule has 0 spiro atoms. The summed E-state index contributed by atoms with van der Waals surface area (Å²) in [6, 6.07) is 6.81. The van der Waals surface area contributed by atoms with E-state index in [0.717, 1.165) is 32.1 Å². The summed E-state index contributed by atoms with van der Waals surface area (Å²) in [4.78, 5) is 26.4. The van der Waals surface area contributed by atoms with Crippen molar-refractivity contribution in [2.24, 2.45) is 0 Å². The van der Waals surface area contributed by atoms with Gasteiger partial charge in [0.2, 0.25) is 0 Å². The molecule has 1 fully saturated rings. The Labute approximate surface area is 141 Å². The van der Waals surface area contributed by atoms with Gasteiger partial charge in [-0.1, -0.05) is 31.4 Å². The maximum Gasteiger partial charge on any atom is 0.296 e. The lowest BCUT2D eigenvalue weighted by atomic mass is 9.94. The van der Waals surface area contributed by atoms with E-state index in [0.29, 0.717) is 11.3 Å². The summed E-state index contributed by atoms with van der Waals surface area (Å²) in [6.45, 7) is 3.87. The van der Waals surface area contributed by atoms with E-state index < -0.39 is 11.7 Å². The van der Waals surface area contributed by atoms with E-state index in [-0.39, 0.29) is 23.6 Å². The molecule has 0 atom stereocenters. The number of imide groups is 1. The molecule has 2 aliphatic rings. The second kappa shape index (κ2) is 6.67. The molecule has 1 aliphatic heterocycles. The topological polar surface area (TPSA) is 66.8 Å². The highest BCUT2D eigenvalue weighted by Gasteiger charge is 2.43. The quantitative estimate of drug-likeness (QED) is 0.859. The number of aliphatic hydroxyl groups is 1. The summed E-state index contributed by atoms with van der Waals surface area (Å²) in [6.07, 6.45) is 4.85. The zero-order valence-electron chi connectivity index (χ0n) is 14.1. The van der Waals surface area contributed by atoms with Crippen LogP contribution in [-0.2, 0) is 9.59 Å². The largest absolute Gasteiger partial charge is 0.502 e. The lowest BCUT2D eigenvalue weighted by molar-refractivity contribution is -0.141. The van der Waals surface area contributed by atoms with E-state index in [1.165, 1.54) is 4.90 Å². The van der Waals surface area contributed by atoms with E-state index in [1.54, 1.807) is 24.3 Å². The molecule has 2 amide bonds. The van der Waals surface area contributed by atoms with Crippen molar-refractivity contribution in [1.29, 1.82) is 0 Å². The summed E-state index contributed by atoms with van der Waals surface area (Å²) in [7, 11) is 0. The fourth-order valence-corrected chi connectivity index (χ4v) is 3.44. The molecule has 0 unspecified atom stereocenters. The fraction of sp³-hybridized carbons (Fsp3) is 0.474. The first-order valence-electron chi connectivity index (χ1n) is 8.57. The molecule has 3 rings (SSSR count). The number of hydrogen-bond donors (Lipinski definition) is 1. The molecule has 1 aromatic rings. The van der Waals surface area contributed by atoms with E-state index >= 15 is 0 Å². The van der Waals surface area contributed by atoms with Crippen LogP contribution in [0.5, 0.6) is 5.75 Å². The maximum atomic E-state index is 12.7. The van der Waals surface area contributed by atoms with Gasteiger partial charge in [-0.2, -0.15) is 0 Å². The van der Waals surface area contributed by atoms with Crippen molar-refractivity contribution < 1.29 is 19.4 Å². The van der Waals surface area contributed by atoms with Crippen LogP contribution in [-0.4, -0.2) is 34.0 Å². The Kier molecular flexibility index (Phi) is 4.60. The molecule has 1 saturated carbocycles. The predicted molar refractivity (Wildman–Crippen MR) is 90.5 cm³/mol. The Hall–Kier alpha value is -2.30. The van der Waals surface area contributed by atoms with Gasteiger partial charge < -0.3 is 9.84 Å².